The lowest BCUT2D eigenvalue weighted by Crippen LogP contribution is -2.68. The molecule has 0 unspecified atom stereocenters. The van der Waals surface area contributed by atoms with Crippen molar-refractivity contribution in [3.63, 3.8) is 0 Å². The number of benzene rings is 1. The number of aliphatic hydroxyl groups is 1. The Kier molecular flexibility index (Phi) is 5.16. The summed E-state index contributed by atoms with van der Waals surface area (Å²) in [6, 6.07) is 9.30. The second kappa shape index (κ2) is 7.03. The zero-order valence-corrected chi connectivity index (χ0v) is 15.3. The van der Waals surface area contributed by atoms with Crippen molar-refractivity contribution in [3.05, 3.63) is 35.9 Å². The van der Waals surface area contributed by atoms with Gasteiger partial charge in [-0.15, -0.1) is 0 Å². The molecule has 2 N–H and O–H groups in total. The number of likely N-dealkylation sites (N-methyl/N-ethyl adjacent to an activating group) is 1. The number of piperidine rings is 1. The topological polar surface area (TPSA) is 71.0 Å². The van der Waals surface area contributed by atoms with Gasteiger partial charge in [-0.05, 0) is 25.8 Å². The van der Waals surface area contributed by atoms with E-state index in [1.165, 1.54) is 0 Å². The first-order valence-electron chi connectivity index (χ1n) is 8.93. The van der Waals surface area contributed by atoms with Gasteiger partial charge in [-0.2, -0.15) is 0 Å². The number of nitrogens with zero attached hydrogens (tertiary/aromatic N) is 1. The van der Waals surface area contributed by atoms with Gasteiger partial charge in [0.25, 0.3) is 0 Å². The second-order valence-electron chi connectivity index (χ2n) is 7.25. The molecule has 2 heterocycles. The van der Waals surface area contributed by atoms with Crippen LogP contribution in [-0.4, -0.2) is 59.1 Å². The van der Waals surface area contributed by atoms with E-state index in [0.29, 0.717) is 13.0 Å². The van der Waals surface area contributed by atoms with Gasteiger partial charge in [0, 0.05) is 19.6 Å². The van der Waals surface area contributed by atoms with Crippen LogP contribution in [0.5, 0.6) is 0 Å². The Labute approximate surface area is 149 Å². The third kappa shape index (κ3) is 3.44. The Balaban J connectivity index is 1.98. The average Bonchev–Trinajstić information content (AvgIpc) is 2.91. The number of aliphatic hydroxyl groups excluding tert-OH is 1. The Bertz CT molecular complexity index is 607. The second-order valence-corrected chi connectivity index (χ2v) is 7.25. The van der Waals surface area contributed by atoms with Gasteiger partial charge in [-0.1, -0.05) is 37.3 Å². The minimum atomic E-state index is -0.816. The van der Waals surface area contributed by atoms with E-state index in [0.717, 1.165) is 5.56 Å². The predicted molar refractivity (Wildman–Crippen MR) is 93.8 cm³/mol. The third-order valence-corrected chi connectivity index (χ3v) is 5.13. The molecule has 2 saturated heterocycles. The molecule has 2 aliphatic rings. The number of fused-ring (bicyclic) bond motifs is 1. The lowest BCUT2D eigenvalue weighted by atomic mass is 9.85. The first-order valence-corrected chi connectivity index (χ1v) is 8.93. The Morgan fingerprint density at radius 3 is 2.48 bits per heavy atom. The van der Waals surface area contributed by atoms with Crippen LogP contribution in [0, 0.1) is 0 Å². The molecule has 6 heteroatoms. The maximum absolute atomic E-state index is 12.7. The number of carbonyl (C=O) groups is 1. The molecule has 0 bridgehead atoms. The van der Waals surface area contributed by atoms with E-state index in [4.69, 9.17) is 9.47 Å². The van der Waals surface area contributed by atoms with Crippen molar-refractivity contribution in [2.75, 3.05) is 7.05 Å². The van der Waals surface area contributed by atoms with E-state index in [-0.39, 0.29) is 11.9 Å². The first-order chi connectivity index (χ1) is 11.9. The number of hydrogen-bond acceptors (Lipinski definition) is 5. The molecule has 2 fully saturated rings. The number of ether oxygens (including phenoxy) is 2. The summed E-state index contributed by atoms with van der Waals surface area (Å²) in [7, 11) is 1.63. The molecule has 6 nitrogen and oxygen atoms in total. The summed E-state index contributed by atoms with van der Waals surface area (Å²) in [5, 5.41) is 13.7. The van der Waals surface area contributed by atoms with Crippen LogP contribution < -0.4 is 5.32 Å². The van der Waals surface area contributed by atoms with Crippen LogP contribution in [0.3, 0.4) is 0 Å². The van der Waals surface area contributed by atoms with E-state index in [1.807, 2.05) is 51.1 Å². The molecule has 0 saturated carbocycles. The molecule has 1 aromatic rings. The number of carbonyl (C=O) groups excluding carboxylic acids is 1. The Morgan fingerprint density at radius 1 is 1.24 bits per heavy atom. The SMILES string of the molecule is CC[C@@H]1[C@H](O)[C@@H]2OC(C)(C)O[C@@H]2[C@@H](C(=O)NC)N1Cc1ccccc1. The normalized spacial score (nSPS) is 34.5. The zero-order valence-electron chi connectivity index (χ0n) is 15.3. The first kappa shape index (κ1) is 18.3. The van der Waals surface area contributed by atoms with Gasteiger partial charge in [0.15, 0.2) is 5.79 Å². The van der Waals surface area contributed by atoms with Crippen LogP contribution in [0.4, 0.5) is 0 Å². The Hall–Kier alpha value is -1.47. The van der Waals surface area contributed by atoms with Crippen LogP contribution in [-0.2, 0) is 20.8 Å². The third-order valence-electron chi connectivity index (χ3n) is 5.13. The molecule has 1 aromatic carbocycles. The highest BCUT2D eigenvalue weighted by atomic mass is 16.8. The monoisotopic (exact) mass is 348 g/mol. The number of hydrogen-bond donors (Lipinski definition) is 2. The van der Waals surface area contributed by atoms with Gasteiger partial charge < -0.3 is 19.9 Å². The maximum Gasteiger partial charge on any atom is 0.239 e. The zero-order chi connectivity index (χ0) is 18.2. The average molecular weight is 348 g/mol. The summed E-state index contributed by atoms with van der Waals surface area (Å²) in [5.41, 5.74) is 1.10. The molecule has 3 rings (SSSR count). The van der Waals surface area contributed by atoms with E-state index in [2.05, 4.69) is 10.2 Å². The number of rotatable bonds is 4. The fourth-order valence-corrected chi connectivity index (χ4v) is 4.07. The lowest BCUT2D eigenvalue weighted by Gasteiger charge is -2.47. The summed E-state index contributed by atoms with van der Waals surface area (Å²) in [6.45, 7) is 6.23. The highest BCUT2D eigenvalue weighted by molar-refractivity contribution is 5.82. The minimum absolute atomic E-state index is 0.113. The molecule has 0 radical (unpaired) electrons. The summed E-state index contributed by atoms with van der Waals surface area (Å²) in [4.78, 5) is 14.8. The van der Waals surface area contributed by atoms with Crippen LogP contribution >= 0.6 is 0 Å². The van der Waals surface area contributed by atoms with Gasteiger partial charge in [-0.3, -0.25) is 9.69 Å². The fraction of sp³-hybridized carbons (Fsp3) is 0.632. The van der Waals surface area contributed by atoms with Crippen molar-refractivity contribution >= 4 is 5.91 Å². The van der Waals surface area contributed by atoms with E-state index in [9.17, 15) is 9.90 Å². The quantitative estimate of drug-likeness (QED) is 0.858. The van der Waals surface area contributed by atoms with Gasteiger partial charge in [0.1, 0.15) is 18.2 Å². The van der Waals surface area contributed by atoms with Crippen LogP contribution in [0.1, 0.15) is 32.8 Å². The van der Waals surface area contributed by atoms with Crippen molar-refractivity contribution in [2.45, 2.75) is 69.9 Å². The number of amides is 1. The standard InChI is InChI=1S/C19H28N2O4/c1-5-13-15(22)17-16(24-19(2,3)25-17)14(18(23)20-4)21(13)11-12-9-7-6-8-10-12/h6-10,13-17,22H,5,11H2,1-4H3,(H,20,23)/t13-,14+,15+,16-,17+/m1/s1. The van der Waals surface area contributed by atoms with E-state index >= 15 is 0 Å². The van der Waals surface area contributed by atoms with Crippen molar-refractivity contribution < 1.29 is 19.4 Å². The molecule has 1 amide bonds. The minimum Gasteiger partial charge on any atom is -0.389 e. The summed E-state index contributed by atoms with van der Waals surface area (Å²) in [5.74, 6) is -0.929. The maximum atomic E-state index is 12.7. The summed E-state index contributed by atoms with van der Waals surface area (Å²) in [6.07, 6.45) is -0.999. The molecule has 2 aliphatic heterocycles. The highest BCUT2D eigenvalue weighted by Gasteiger charge is 2.58. The number of likely N-dealkylation sites (tertiary alicyclic amines) is 1. The summed E-state index contributed by atoms with van der Waals surface area (Å²) < 4.78 is 12.0. The van der Waals surface area contributed by atoms with Crippen molar-refractivity contribution in [1.82, 2.24) is 10.2 Å². The van der Waals surface area contributed by atoms with Crippen LogP contribution in [0.2, 0.25) is 0 Å². The molecule has 0 aromatic heterocycles. The molecule has 25 heavy (non-hydrogen) atoms. The van der Waals surface area contributed by atoms with Gasteiger partial charge in [0.2, 0.25) is 5.91 Å². The summed E-state index contributed by atoms with van der Waals surface area (Å²) >= 11 is 0. The van der Waals surface area contributed by atoms with E-state index < -0.39 is 30.1 Å². The predicted octanol–water partition coefficient (Wildman–Crippen LogP) is 1.28. The van der Waals surface area contributed by atoms with Crippen LogP contribution in [0.15, 0.2) is 30.3 Å². The molecule has 5 atom stereocenters. The Morgan fingerprint density at radius 2 is 1.88 bits per heavy atom. The van der Waals surface area contributed by atoms with Crippen molar-refractivity contribution in [1.29, 1.82) is 0 Å². The molecular formula is C19H28N2O4. The van der Waals surface area contributed by atoms with Gasteiger partial charge in [0.05, 0.1) is 6.10 Å². The van der Waals surface area contributed by atoms with Crippen LogP contribution in [0.25, 0.3) is 0 Å². The smallest absolute Gasteiger partial charge is 0.239 e. The van der Waals surface area contributed by atoms with Gasteiger partial charge in [-0.25, -0.2) is 0 Å². The molecule has 138 valence electrons. The van der Waals surface area contributed by atoms with E-state index in [1.54, 1.807) is 7.05 Å². The van der Waals surface area contributed by atoms with Gasteiger partial charge >= 0.3 is 0 Å². The molecule has 0 aliphatic carbocycles. The lowest BCUT2D eigenvalue weighted by molar-refractivity contribution is -0.154. The highest BCUT2D eigenvalue weighted by Crippen LogP contribution is 2.40. The molecular weight excluding hydrogens is 320 g/mol. The van der Waals surface area contributed by atoms with Crippen molar-refractivity contribution in [2.24, 2.45) is 0 Å². The largest absolute Gasteiger partial charge is 0.389 e. The number of nitrogens with one attached hydrogen (secondary N) is 1. The molecule has 0 spiro atoms. The van der Waals surface area contributed by atoms with Crippen molar-refractivity contribution in [3.8, 4) is 0 Å². The fourth-order valence-electron chi connectivity index (χ4n) is 4.07.